The molecular weight excluding hydrogens is 378 g/mol. The van der Waals surface area contributed by atoms with Crippen LogP contribution in [0.5, 0.6) is 0 Å². The van der Waals surface area contributed by atoms with Gasteiger partial charge < -0.3 is 5.32 Å². The highest BCUT2D eigenvalue weighted by Gasteiger charge is 2.53. The molecule has 5 rings (SSSR count). The minimum atomic E-state index is -1.42. The Labute approximate surface area is 172 Å². The number of carbonyl (C=O) groups is 2. The molecule has 1 aliphatic rings. The second-order valence-electron chi connectivity index (χ2n) is 6.98. The number of nitrogens with one attached hydrogen (secondary N) is 1. The smallest absolute Gasteiger partial charge is 0.248 e. The summed E-state index contributed by atoms with van der Waals surface area (Å²) in [5.41, 5.74) is 2.32. The fourth-order valence-corrected chi connectivity index (χ4v) is 5.02. The third-order valence-electron chi connectivity index (χ3n) is 5.42. The van der Waals surface area contributed by atoms with Crippen molar-refractivity contribution < 1.29 is 9.59 Å². The third-order valence-corrected chi connectivity index (χ3v) is 6.32. The maximum Gasteiger partial charge on any atom is 0.248 e. The van der Waals surface area contributed by atoms with E-state index < -0.39 is 5.41 Å². The van der Waals surface area contributed by atoms with E-state index in [-0.39, 0.29) is 11.7 Å². The lowest BCUT2D eigenvalue weighted by molar-refractivity contribution is -0.119. The van der Waals surface area contributed by atoms with Crippen LogP contribution in [0.4, 0.5) is 5.00 Å². The Morgan fingerprint density at radius 1 is 0.690 bits per heavy atom. The Morgan fingerprint density at radius 2 is 1.21 bits per heavy atom. The Balaban J connectivity index is 1.80. The Bertz CT molecular complexity index is 1160. The Kier molecular flexibility index (Phi) is 4.14. The lowest BCUT2D eigenvalue weighted by Crippen LogP contribution is -2.51. The monoisotopic (exact) mass is 395 g/mol. The highest BCUT2D eigenvalue weighted by Crippen LogP contribution is 2.47. The molecule has 0 saturated heterocycles. The van der Waals surface area contributed by atoms with Crippen molar-refractivity contribution in [1.29, 1.82) is 0 Å². The van der Waals surface area contributed by atoms with Crippen molar-refractivity contribution >= 4 is 28.0 Å². The normalized spacial score (nSPS) is 14.9. The summed E-state index contributed by atoms with van der Waals surface area (Å²) in [5, 5.41) is 5.59. The number of carbonyl (C=O) groups excluding carboxylic acids is 2. The summed E-state index contributed by atoms with van der Waals surface area (Å²) in [6, 6.07) is 28.5. The fourth-order valence-electron chi connectivity index (χ4n) is 4.06. The van der Waals surface area contributed by atoms with Gasteiger partial charge in [-0.3, -0.25) is 9.59 Å². The number of benzene rings is 3. The molecule has 2 heterocycles. The van der Waals surface area contributed by atoms with Crippen LogP contribution in [0.15, 0.2) is 96.4 Å². The fraction of sp³-hybridized carbons (Fsp3) is 0.0400. The lowest BCUT2D eigenvalue weighted by Gasteiger charge is -2.35. The van der Waals surface area contributed by atoms with Gasteiger partial charge in [-0.15, -0.1) is 11.3 Å². The molecule has 3 aromatic carbocycles. The molecule has 29 heavy (non-hydrogen) atoms. The number of amides is 1. The number of rotatable bonds is 3. The van der Waals surface area contributed by atoms with Crippen molar-refractivity contribution in [2.75, 3.05) is 5.32 Å². The van der Waals surface area contributed by atoms with Gasteiger partial charge in [-0.2, -0.15) is 0 Å². The third kappa shape index (κ3) is 2.57. The van der Waals surface area contributed by atoms with Crippen LogP contribution in [0.1, 0.15) is 21.5 Å². The van der Waals surface area contributed by atoms with Crippen LogP contribution in [-0.4, -0.2) is 11.7 Å². The molecule has 1 aliphatic heterocycles. The topological polar surface area (TPSA) is 46.2 Å². The van der Waals surface area contributed by atoms with E-state index in [0.29, 0.717) is 21.7 Å². The van der Waals surface area contributed by atoms with Crippen LogP contribution in [0.3, 0.4) is 0 Å². The predicted octanol–water partition coefficient (Wildman–Crippen LogP) is 5.54. The quantitative estimate of drug-likeness (QED) is 0.463. The van der Waals surface area contributed by atoms with E-state index >= 15 is 0 Å². The van der Waals surface area contributed by atoms with E-state index in [2.05, 4.69) is 5.32 Å². The summed E-state index contributed by atoms with van der Waals surface area (Å²) >= 11 is 1.39. The van der Waals surface area contributed by atoms with Gasteiger partial charge in [0.05, 0.1) is 5.56 Å². The van der Waals surface area contributed by atoms with Crippen molar-refractivity contribution in [2.24, 2.45) is 0 Å². The summed E-state index contributed by atoms with van der Waals surface area (Å²) in [6.07, 6.45) is 0. The first-order chi connectivity index (χ1) is 14.2. The van der Waals surface area contributed by atoms with Crippen molar-refractivity contribution in [1.82, 2.24) is 0 Å². The number of Topliss-reactive ketones (excluding diaryl/α,β-unsaturated/α-hetero) is 1. The van der Waals surface area contributed by atoms with Gasteiger partial charge in [0.15, 0.2) is 11.2 Å². The molecule has 0 unspecified atom stereocenters. The highest BCUT2D eigenvalue weighted by molar-refractivity contribution is 7.15. The average molecular weight is 395 g/mol. The average Bonchev–Trinajstić information content (AvgIpc) is 3.20. The molecule has 4 aromatic rings. The van der Waals surface area contributed by atoms with Crippen molar-refractivity contribution in [3.05, 3.63) is 113 Å². The second-order valence-corrected chi connectivity index (χ2v) is 7.86. The van der Waals surface area contributed by atoms with Crippen LogP contribution in [-0.2, 0) is 10.2 Å². The van der Waals surface area contributed by atoms with E-state index in [4.69, 9.17) is 0 Å². The molecule has 0 spiro atoms. The molecule has 4 heteroatoms. The zero-order valence-corrected chi connectivity index (χ0v) is 16.3. The minimum absolute atomic E-state index is 0.186. The van der Waals surface area contributed by atoms with Gasteiger partial charge >= 0.3 is 0 Å². The van der Waals surface area contributed by atoms with Gasteiger partial charge in [-0.25, -0.2) is 0 Å². The minimum Gasteiger partial charge on any atom is -0.316 e. The zero-order valence-electron chi connectivity index (χ0n) is 15.5. The van der Waals surface area contributed by atoms with E-state index in [1.165, 1.54) is 11.3 Å². The number of hydrogen-bond donors (Lipinski definition) is 1. The first-order valence-electron chi connectivity index (χ1n) is 9.37. The SMILES string of the molecule is O=C1Nc2scc(-c3ccccc3)c2C(=O)C1(c1ccccc1)c1ccccc1. The number of anilines is 1. The van der Waals surface area contributed by atoms with E-state index in [9.17, 15) is 9.59 Å². The largest absolute Gasteiger partial charge is 0.316 e. The summed E-state index contributed by atoms with van der Waals surface area (Å²) in [7, 11) is 0. The Hall–Kier alpha value is -3.50. The molecule has 1 N–H and O–H groups in total. The predicted molar refractivity (Wildman–Crippen MR) is 116 cm³/mol. The highest BCUT2D eigenvalue weighted by atomic mass is 32.1. The molecule has 0 bridgehead atoms. The number of hydrogen-bond acceptors (Lipinski definition) is 3. The molecule has 1 aromatic heterocycles. The molecule has 0 aliphatic carbocycles. The molecule has 140 valence electrons. The Morgan fingerprint density at radius 3 is 1.76 bits per heavy atom. The standard InChI is InChI=1S/C25H17NO2S/c27-22-21-20(17-10-4-1-5-11-17)16-29-23(21)26-24(28)25(22,18-12-6-2-7-13-18)19-14-8-3-9-15-19/h1-16H,(H,26,28). The van der Waals surface area contributed by atoms with Gasteiger partial charge in [-0.05, 0) is 16.7 Å². The van der Waals surface area contributed by atoms with Crippen LogP contribution in [0.2, 0.25) is 0 Å². The van der Waals surface area contributed by atoms with E-state index in [0.717, 1.165) is 11.1 Å². The molecule has 0 fully saturated rings. The summed E-state index contributed by atoms with van der Waals surface area (Å²) < 4.78 is 0. The van der Waals surface area contributed by atoms with Gasteiger partial charge in [0.25, 0.3) is 0 Å². The van der Waals surface area contributed by atoms with Crippen LogP contribution < -0.4 is 5.32 Å². The maximum atomic E-state index is 14.2. The number of fused-ring (bicyclic) bond motifs is 1. The molecule has 3 nitrogen and oxygen atoms in total. The lowest BCUT2D eigenvalue weighted by atomic mass is 9.67. The number of thiophene rings is 1. The van der Waals surface area contributed by atoms with E-state index in [1.54, 1.807) is 0 Å². The van der Waals surface area contributed by atoms with Crippen LogP contribution in [0, 0.1) is 0 Å². The van der Waals surface area contributed by atoms with E-state index in [1.807, 2.05) is 96.4 Å². The van der Waals surface area contributed by atoms with Crippen molar-refractivity contribution in [2.45, 2.75) is 5.41 Å². The van der Waals surface area contributed by atoms with Gasteiger partial charge in [0.2, 0.25) is 5.91 Å². The number of ketones is 1. The van der Waals surface area contributed by atoms with Gasteiger partial charge in [0, 0.05) is 10.9 Å². The zero-order chi connectivity index (χ0) is 19.8. The first kappa shape index (κ1) is 17.6. The molecule has 0 atom stereocenters. The molecular formula is C25H17NO2S. The van der Waals surface area contributed by atoms with Crippen molar-refractivity contribution in [3.63, 3.8) is 0 Å². The maximum absolute atomic E-state index is 14.2. The van der Waals surface area contributed by atoms with Crippen LogP contribution >= 0.6 is 11.3 Å². The van der Waals surface area contributed by atoms with Crippen LogP contribution in [0.25, 0.3) is 11.1 Å². The second kappa shape index (κ2) is 6.83. The molecule has 1 amide bonds. The van der Waals surface area contributed by atoms with Crippen molar-refractivity contribution in [3.8, 4) is 11.1 Å². The summed E-state index contributed by atoms with van der Waals surface area (Å²) in [6.45, 7) is 0. The van der Waals surface area contributed by atoms with Gasteiger partial charge in [-0.1, -0.05) is 91.0 Å². The summed E-state index contributed by atoms with van der Waals surface area (Å²) in [4.78, 5) is 27.7. The summed E-state index contributed by atoms with van der Waals surface area (Å²) in [5.74, 6) is -0.498. The van der Waals surface area contributed by atoms with Gasteiger partial charge in [0.1, 0.15) is 5.00 Å². The first-order valence-corrected chi connectivity index (χ1v) is 10.2. The molecule has 0 saturated carbocycles. The molecule has 0 radical (unpaired) electrons.